The molecule has 1 rings (SSSR count). The van der Waals surface area contributed by atoms with E-state index in [4.69, 9.17) is 0 Å². The lowest BCUT2D eigenvalue weighted by atomic mass is 10.00. The van der Waals surface area contributed by atoms with Crippen molar-refractivity contribution < 1.29 is 14.3 Å². The zero-order chi connectivity index (χ0) is 11.4. The summed E-state index contributed by atoms with van der Waals surface area (Å²) in [5.41, 5.74) is 1.51. The SMILES string of the molecule is CCC(O)C(=O)Cc1cc(F)ccc1C. The predicted molar refractivity (Wildman–Crippen MR) is 56.1 cm³/mol. The number of halogens is 1. The fourth-order valence-electron chi connectivity index (χ4n) is 1.36. The monoisotopic (exact) mass is 210 g/mol. The van der Waals surface area contributed by atoms with Crippen LogP contribution >= 0.6 is 0 Å². The summed E-state index contributed by atoms with van der Waals surface area (Å²) in [7, 11) is 0. The Labute approximate surface area is 88.7 Å². The molecule has 0 bridgehead atoms. The molecule has 2 nitrogen and oxygen atoms in total. The molecule has 0 aliphatic carbocycles. The molecule has 0 amide bonds. The molecule has 15 heavy (non-hydrogen) atoms. The number of aryl methyl sites for hydroxylation is 1. The van der Waals surface area contributed by atoms with E-state index in [0.717, 1.165) is 5.56 Å². The maximum atomic E-state index is 12.9. The highest BCUT2D eigenvalue weighted by Gasteiger charge is 2.14. The number of benzene rings is 1. The van der Waals surface area contributed by atoms with Gasteiger partial charge < -0.3 is 5.11 Å². The second-order valence-electron chi connectivity index (χ2n) is 3.64. The van der Waals surface area contributed by atoms with Crippen LogP contribution in [0.5, 0.6) is 0 Å². The predicted octanol–water partition coefficient (Wildman–Crippen LogP) is 2.02. The van der Waals surface area contributed by atoms with Crippen molar-refractivity contribution in [1.29, 1.82) is 0 Å². The number of hydrogen-bond donors (Lipinski definition) is 1. The second kappa shape index (κ2) is 5.03. The number of hydrogen-bond acceptors (Lipinski definition) is 2. The van der Waals surface area contributed by atoms with Gasteiger partial charge in [0.25, 0.3) is 0 Å². The van der Waals surface area contributed by atoms with Gasteiger partial charge >= 0.3 is 0 Å². The molecule has 1 N–H and O–H groups in total. The number of rotatable bonds is 4. The van der Waals surface area contributed by atoms with E-state index in [1.807, 2.05) is 6.92 Å². The van der Waals surface area contributed by atoms with Crippen molar-refractivity contribution in [3.05, 3.63) is 35.1 Å². The summed E-state index contributed by atoms with van der Waals surface area (Å²) >= 11 is 0. The van der Waals surface area contributed by atoms with E-state index < -0.39 is 6.10 Å². The second-order valence-corrected chi connectivity index (χ2v) is 3.64. The lowest BCUT2D eigenvalue weighted by Gasteiger charge is -2.08. The van der Waals surface area contributed by atoms with Crippen molar-refractivity contribution in [2.24, 2.45) is 0 Å². The van der Waals surface area contributed by atoms with Crippen LogP contribution in [-0.4, -0.2) is 17.0 Å². The molecular weight excluding hydrogens is 195 g/mol. The van der Waals surface area contributed by atoms with E-state index in [0.29, 0.717) is 12.0 Å². The van der Waals surface area contributed by atoms with E-state index >= 15 is 0 Å². The Morgan fingerprint density at radius 3 is 2.80 bits per heavy atom. The molecule has 0 heterocycles. The zero-order valence-electron chi connectivity index (χ0n) is 8.96. The molecule has 0 saturated carbocycles. The molecule has 1 aromatic rings. The minimum atomic E-state index is -0.937. The molecule has 0 spiro atoms. The van der Waals surface area contributed by atoms with Gasteiger partial charge in [-0.2, -0.15) is 0 Å². The van der Waals surface area contributed by atoms with E-state index in [-0.39, 0.29) is 18.0 Å². The maximum Gasteiger partial charge on any atom is 0.165 e. The third-order valence-corrected chi connectivity index (χ3v) is 2.43. The summed E-state index contributed by atoms with van der Waals surface area (Å²) < 4.78 is 12.9. The lowest BCUT2D eigenvalue weighted by Crippen LogP contribution is -2.21. The van der Waals surface area contributed by atoms with Crippen molar-refractivity contribution in [3.63, 3.8) is 0 Å². The molecule has 0 radical (unpaired) electrons. The maximum absolute atomic E-state index is 12.9. The number of aliphatic hydroxyl groups is 1. The summed E-state index contributed by atoms with van der Waals surface area (Å²) in [5.74, 6) is -0.611. The van der Waals surface area contributed by atoms with Gasteiger partial charge in [0.1, 0.15) is 11.9 Å². The van der Waals surface area contributed by atoms with E-state index in [2.05, 4.69) is 0 Å². The van der Waals surface area contributed by atoms with Crippen LogP contribution in [0.2, 0.25) is 0 Å². The Morgan fingerprint density at radius 1 is 1.53 bits per heavy atom. The van der Waals surface area contributed by atoms with Crippen molar-refractivity contribution in [3.8, 4) is 0 Å². The van der Waals surface area contributed by atoms with Crippen LogP contribution < -0.4 is 0 Å². The molecule has 0 fully saturated rings. The van der Waals surface area contributed by atoms with Gasteiger partial charge in [-0.15, -0.1) is 0 Å². The number of ketones is 1. The normalized spacial score (nSPS) is 12.5. The fourth-order valence-corrected chi connectivity index (χ4v) is 1.36. The summed E-state index contributed by atoms with van der Waals surface area (Å²) in [5, 5.41) is 9.30. The Bertz CT molecular complexity index is 361. The first-order valence-corrected chi connectivity index (χ1v) is 5.00. The van der Waals surface area contributed by atoms with E-state index in [1.165, 1.54) is 12.1 Å². The minimum Gasteiger partial charge on any atom is -0.385 e. The minimum absolute atomic E-state index is 0.0958. The quantitative estimate of drug-likeness (QED) is 0.825. The number of carbonyl (C=O) groups is 1. The zero-order valence-corrected chi connectivity index (χ0v) is 8.96. The topological polar surface area (TPSA) is 37.3 Å². The molecule has 1 unspecified atom stereocenters. The average molecular weight is 210 g/mol. The van der Waals surface area contributed by atoms with Crippen LogP contribution in [0.15, 0.2) is 18.2 Å². The van der Waals surface area contributed by atoms with Crippen LogP contribution in [0.25, 0.3) is 0 Å². The number of carbonyl (C=O) groups excluding carboxylic acids is 1. The smallest absolute Gasteiger partial charge is 0.165 e. The van der Waals surface area contributed by atoms with Crippen molar-refractivity contribution in [2.75, 3.05) is 0 Å². The molecular formula is C12H15FO2. The van der Waals surface area contributed by atoms with E-state index in [9.17, 15) is 14.3 Å². The van der Waals surface area contributed by atoms with Crippen LogP contribution in [0.4, 0.5) is 4.39 Å². The van der Waals surface area contributed by atoms with Gasteiger partial charge in [0, 0.05) is 6.42 Å². The number of aliphatic hydroxyl groups excluding tert-OH is 1. The Hall–Kier alpha value is -1.22. The van der Waals surface area contributed by atoms with Gasteiger partial charge in [-0.1, -0.05) is 13.0 Å². The summed E-state index contributed by atoms with van der Waals surface area (Å²) in [4.78, 5) is 11.4. The summed E-state index contributed by atoms with van der Waals surface area (Å²) in [6.07, 6.45) is -0.445. The van der Waals surface area contributed by atoms with Gasteiger partial charge in [0.15, 0.2) is 5.78 Å². The van der Waals surface area contributed by atoms with Gasteiger partial charge in [-0.05, 0) is 36.6 Å². The third-order valence-electron chi connectivity index (χ3n) is 2.43. The summed E-state index contributed by atoms with van der Waals surface area (Å²) in [6, 6.07) is 4.34. The van der Waals surface area contributed by atoms with Crippen LogP contribution in [0.1, 0.15) is 24.5 Å². The molecule has 1 atom stereocenters. The molecule has 3 heteroatoms. The van der Waals surface area contributed by atoms with Gasteiger partial charge in [0.05, 0.1) is 0 Å². The largest absolute Gasteiger partial charge is 0.385 e. The summed E-state index contributed by atoms with van der Waals surface area (Å²) in [6.45, 7) is 3.56. The molecule has 1 aromatic carbocycles. The fraction of sp³-hybridized carbons (Fsp3) is 0.417. The molecule has 0 aromatic heterocycles. The molecule has 0 aliphatic heterocycles. The van der Waals surface area contributed by atoms with Gasteiger partial charge in [-0.3, -0.25) is 4.79 Å². The first kappa shape index (κ1) is 11.9. The van der Waals surface area contributed by atoms with Crippen molar-refractivity contribution >= 4 is 5.78 Å². The van der Waals surface area contributed by atoms with Crippen LogP contribution in [-0.2, 0) is 11.2 Å². The van der Waals surface area contributed by atoms with Crippen molar-refractivity contribution in [2.45, 2.75) is 32.8 Å². The lowest BCUT2D eigenvalue weighted by molar-refractivity contribution is -0.126. The highest BCUT2D eigenvalue weighted by molar-refractivity contribution is 5.85. The van der Waals surface area contributed by atoms with Gasteiger partial charge in [-0.25, -0.2) is 4.39 Å². The average Bonchev–Trinajstić information content (AvgIpc) is 2.22. The van der Waals surface area contributed by atoms with Crippen LogP contribution in [0, 0.1) is 12.7 Å². The molecule has 82 valence electrons. The van der Waals surface area contributed by atoms with E-state index in [1.54, 1.807) is 13.0 Å². The Kier molecular flexibility index (Phi) is 3.97. The Morgan fingerprint density at radius 2 is 2.20 bits per heavy atom. The van der Waals surface area contributed by atoms with Gasteiger partial charge in [0.2, 0.25) is 0 Å². The van der Waals surface area contributed by atoms with Crippen LogP contribution in [0.3, 0.4) is 0 Å². The highest BCUT2D eigenvalue weighted by Crippen LogP contribution is 2.12. The number of Topliss-reactive ketones (excluding diaryl/α,β-unsaturated/α-hetero) is 1. The first-order chi connectivity index (χ1) is 7.04. The third kappa shape index (κ3) is 3.13. The van der Waals surface area contributed by atoms with Crippen molar-refractivity contribution in [1.82, 2.24) is 0 Å². The molecule has 0 saturated heterocycles. The standard InChI is InChI=1S/C12H15FO2/c1-3-11(14)12(15)7-9-6-10(13)5-4-8(9)2/h4-6,11,14H,3,7H2,1-2H3. The first-order valence-electron chi connectivity index (χ1n) is 5.00. The highest BCUT2D eigenvalue weighted by atomic mass is 19.1. The Balaban J connectivity index is 2.80. The molecule has 0 aliphatic rings.